The summed E-state index contributed by atoms with van der Waals surface area (Å²) in [6.07, 6.45) is 0.127. The first kappa shape index (κ1) is 22.0. The quantitative estimate of drug-likeness (QED) is 0.718. The number of fused-ring (bicyclic) bond motifs is 1. The van der Waals surface area contributed by atoms with Crippen molar-refractivity contribution in [3.8, 4) is 0 Å². The topological polar surface area (TPSA) is 77.4 Å². The minimum Gasteiger partial charge on any atom is -0.387 e. The Morgan fingerprint density at radius 1 is 0.688 bits per heavy atom. The van der Waals surface area contributed by atoms with Crippen molar-refractivity contribution in [3.05, 3.63) is 71.8 Å². The van der Waals surface area contributed by atoms with E-state index in [4.69, 9.17) is 18.9 Å². The zero-order chi connectivity index (χ0) is 22.0. The van der Waals surface area contributed by atoms with Crippen molar-refractivity contribution >= 4 is 0 Å². The van der Waals surface area contributed by atoms with Gasteiger partial charge in [0.1, 0.15) is 36.6 Å². The molecule has 3 fully saturated rings. The van der Waals surface area contributed by atoms with E-state index in [1.54, 1.807) is 0 Å². The molecule has 6 atom stereocenters. The summed E-state index contributed by atoms with van der Waals surface area (Å²) in [5.41, 5.74) is 2.02. The van der Waals surface area contributed by atoms with Gasteiger partial charge in [-0.25, -0.2) is 0 Å². The molecule has 2 aliphatic carbocycles. The maximum atomic E-state index is 11.0. The molecule has 6 nitrogen and oxygen atoms in total. The first-order valence-corrected chi connectivity index (χ1v) is 11.7. The summed E-state index contributed by atoms with van der Waals surface area (Å²) in [5.74, 6) is -0.697. The first-order chi connectivity index (χ1) is 15.7. The third-order valence-electron chi connectivity index (χ3n) is 6.88. The standard InChI is InChI=1S/C26H32O6/c27-20-21(28)23-25(32-26(31-23)14-8-3-9-15-26)24(30-17-19-12-6-2-7-13-19)22(20)29-16-18-10-4-1-5-11-18/h1-2,4-7,10-13,20-25,27-28H,3,8-9,14-17H2/t20-,21-,22+,23+,24-,25+/m0/s1. The summed E-state index contributed by atoms with van der Waals surface area (Å²) in [6, 6.07) is 19.7. The molecular weight excluding hydrogens is 408 g/mol. The maximum Gasteiger partial charge on any atom is 0.169 e. The lowest BCUT2D eigenvalue weighted by atomic mass is 9.84. The average molecular weight is 441 g/mol. The summed E-state index contributed by atoms with van der Waals surface area (Å²) in [5, 5.41) is 22.0. The van der Waals surface area contributed by atoms with Crippen molar-refractivity contribution in [2.45, 2.75) is 87.7 Å². The molecule has 0 radical (unpaired) electrons. The van der Waals surface area contributed by atoms with Crippen LogP contribution in [0.3, 0.4) is 0 Å². The fraction of sp³-hybridized carbons (Fsp3) is 0.538. The van der Waals surface area contributed by atoms with Crippen LogP contribution >= 0.6 is 0 Å². The molecule has 32 heavy (non-hydrogen) atoms. The van der Waals surface area contributed by atoms with Crippen molar-refractivity contribution in [3.63, 3.8) is 0 Å². The van der Waals surface area contributed by atoms with Gasteiger partial charge in [0.05, 0.1) is 13.2 Å². The summed E-state index contributed by atoms with van der Waals surface area (Å²) < 4.78 is 25.3. The van der Waals surface area contributed by atoms with E-state index >= 15 is 0 Å². The molecule has 6 heteroatoms. The highest BCUT2D eigenvalue weighted by Gasteiger charge is 2.60. The van der Waals surface area contributed by atoms with E-state index in [0.29, 0.717) is 13.2 Å². The summed E-state index contributed by atoms with van der Waals surface area (Å²) >= 11 is 0. The van der Waals surface area contributed by atoms with Gasteiger partial charge in [0, 0.05) is 12.8 Å². The molecule has 5 rings (SSSR count). The Morgan fingerprint density at radius 3 is 1.81 bits per heavy atom. The lowest BCUT2D eigenvalue weighted by molar-refractivity contribution is -0.228. The minimum atomic E-state index is -1.14. The smallest absolute Gasteiger partial charge is 0.169 e. The Kier molecular flexibility index (Phi) is 6.60. The van der Waals surface area contributed by atoms with Gasteiger partial charge < -0.3 is 29.2 Å². The Bertz CT molecular complexity index is 853. The van der Waals surface area contributed by atoms with E-state index in [-0.39, 0.29) is 0 Å². The van der Waals surface area contributed by atoms with Crippen LogP contribution < -0.4 is 0 Å². The van der Waals surface area contributed by atoms with Gasteiger partial charge in [-0.3, -0.25) is 0 Å². The number of hydrogen-bond acceptors (Lipinski definition) is 6. The van der Waals surface area contributed by atoms with Gasteiger partial charge in [0.15, 0.2) is 5.79 Å². The van der Waals surface area contributed by atoms with Crippen LogP contribution in [0.15, 0.2) is 60.7 Å². The number of ether oxygens (including phenoxy) is 4. The molecule has 0 bridgehead atoms. The second kappa shape index (κ2) is 9.59. The van der Waals surface area contributed by atoms with Crippen LogP contribution in [0.1, 0.15) is 43.2 Å². The highest BCUT2D eigenvalue weighted by Crippen LogP contribution is 2.46. The Balaban J connectivity index is 1.38. The fourth-order valence-corrected chi connectivity index (χ4v) is 5.19. The fourth-order valence-electron chi connectivity index (χ4n) is 5.19. The number of benzene rings is 2. The zero-order valence-corrected chi connectivity index (χ0v) is 18.2. The van der Waals surface area contributed by atoms with E-state index in [0.717, 1.165) is 43.2 Å². The third-order valence-corrected chi connectivity index (χ3v) is 6.88. The zero-order valence-electron chi connectivity index (χ0n) is 18.2. The van der Waals surface area contributed by atoms with Gasteiger partial charge >= 0.3 is 0 Å². The molecule has 0 amide bonds. The predicted molar refractivity (Wildman–Crippen MR) is 118 cm³/mol. The SMILES string of the molecule is O[C@H]1[C@H](O)[C@H]2OC3(CCCCC3)O[C@H]2[C@@H](OCc2ccccc2)[C@@H]1OCc1ccccc1. The molecule has 2 saturated carbocycles. The lowest BCUT2D eigenvalue weighted by Crippen LogP contribution is -2.64. The van der Waals surface area contributed by atoms with E-state index in [9.17, 15) is 10.2 Å². The van der Waals surface area contributed by atoms with Crippen LogP contribution in [-0.2, 0) is 32.2 Å². The van der Waals surface area contributed by atoms with Crippen LogP contribution in [0.4, 0.5) is 0 Å². The lowest BCUT2D eigenvalue weighted by Gasteiger charge is -2.43. The molecule has 2 aromatic rings. The first-order valence-electron chi connectivity index (χ1n) is 11.7. The van der Waals surface area contributed by atoms with Crippen molar-refractivity contribution in [2.75, 3.05) is 0 Å². The highest BCUT2D eigenvalue weighted by molar-refractivity contribution is 5.15. The van der Waals surface area contributed by atoms with Gasteiger partial charge in [0.2, 0.25) is 0 Å². The molecule has 1 spiro atoms. The van der Waals surface area contributed by atoms with E-state index in [1.165, 1.54) is 0 Å². The van der Waals surface area contributed by atoms with Crippen LogP contribution in [0.2, 0.25) is 0 Å². The van der Waals surface area contributed by atoms with Crippen molar-refractivity contribution in [2.24, 2.45) is 0 Å². The number of aliphatic hydroxyl groups excluding tert-OH is 2. The van der Waals surface area contributed by atoms with Gasteiger partial charge in [-0.05, 0) is 24.0 Å². The molecule has 1 heterocycles. The van der Waals surface area contributed by atoms with Crippen molar-refractivity contribution in [1.82, 2.24) is 0 Å². The molecular formula is C26H32O6. The molecule has 1 aliphatic heterocycles. The summed E-state index contributed by atoms with van der Waals surface area (Å²) in [6.45, 7) is 0.670. The van der Waals surface area contributed by atoms with Gasteiger partial charge in [-0.1, -0.05) is 67.1 Å². The van der Waals surface area contributed by atoms with E-state index in [2.05, 4.69) is 0 Å². The van der Waals surface area contributed by atoms with Crippen molar-refractivity contribution < 1.29 is 29.2 Å². The molecule has 3 aliphatic rings. The largest absolute Gasteiger partial charge is 0.387 e. The van der Waals surface area contributed by atoms with Crippen LogP contribution in [-0.4, -0.2) is 52.6 Å². The van der Waals surface area contributed by atoms with Crippen LogP contribution in [0, 0.1) is 0 Å². The molecule has 2 aromatic carbocycles. The summed E-state index contributed by atoms with van der Waals surface area (Å²) in [4.78, 5) is 0. The molecule has 2 N–H and O–H groups in total. The number of aliphatic hydroxyl groups is 2. The normalized spacial score (nSPS) is 33.8. The second-order valence-electron chi connectivity index (χ2n) is 9.14. The van der Waals surface area contributed by atoms with Gasteiger partial charge in [-0.15, -0.1) is 0 Å². The van der Waals surface area contributed by atoms with Crippen LogP contribution in [0.5, 0.6) is 0 Å². The average Bonchev–Trinajstić information content (AvgIpc) is 3.20. The third kappa shape index (κ3) is 4.49. The maximum absolute atomic E-state index is 11.0. The van der Waals surface area contributed by atoms with Gasteiger partial charge in [0.25, 0.3) is 0 Å². The Hall–Kier alpha value is -1.80. The molecule has 0 unspecified atom stereocenters. The minimum absolute atomic E-state index is 0.309. The van der Waals surface area contributed by atoms with E-state index < -0.39 is 42.4 Å². The van der Waals surface area contributed by atoms with Crippen LogP contribution in [0.25, 0.3) is 0 Å². The Morgan fingerprint density at radius 2 is 1.22 bits per heavy atom. The summed E-state index contributed by atoms with van der Waals surface area (Å²) in [7, 11) is 0. The highest BCUT2D eigenvalue weighted by atomic mass is 16.8. The monoisotopic (exact) mass is 440 g/mol. The predicted octanol–water partition coefficient (Wildman–Crippen LogP) is 3.34. The van der Waals surface area contributed by atoms with Crippen molar-refractivity contribution in [1.29, 1.82) is 0 Å². The number of rotatable bonds is 6. The number of hydrogen-bond donors (Lipinski definition) is 2. The van der Waals surface area contributed by atoms with E-state index in [1.807, 2.05) is 60.7 Å². The van der Waals surface area contributed by atoms with Gasteiger partial charge in [-0.2, -0.15) is 0 Å². The molecule has 1 saturated heterocycles. The Labute approximate surface area is 189 Å². The molecule has 172 valence electrons. The second-order valence-corrected chi connectivity index (χ2v) is 9.14. The molecule has 0 aromatic heterocycles.